The summed E-state index contributed by atoms with van der Waals surface area (Å²) in [4.78, 5) is 11.5. The Kier molecular flexibility index (Phi) is 12.4. The van der Waals surface area contributed by atoms with Gasteiger partial charge in [0.2, 0.25) is 0 Å². The topological polar surface area (TPSA) is 78.3 Å². The Balaban J connectivity index is 3.38. The molecule has 0 aliphatic rings. The molecule has 0 aromatic rings. The van der Waals surface area contributed by atoms with Gasteiger partial charge in [-0.2, -0.15) is 0 Å². The molecular formula is C14H30N2O2. The highest BCUT2D eigenvalue weighted by atomic mass is 16.5. The van der Waals surface area contributed by atoms with Crippen LogP contribution in [0.1, 0.15) is 64.7 Å². The second-order valence-electron chi connectivity index (χ2n) is 4.83. The molecule has 1 atom stereocenters. The second-order valence-corrected chi connectivity index (χ2v) is 4.83. The summed E-state index contributed by atoms with van der Waals surface area (Å²) in [6.45, 7) is 3.40. The third-order valence-corrected chi connectivity index (χ3v) is 3.01. The van der Waals surface area contributed by atoms with Crippen molar-refractivity contribution in [1.82, 2.24) is 0 Å². The molecule has 0 radical (unpaired) electrons. The molecule has 18 heavy (non-hydrogen) atoms. The van der Waals surface area contributed by atoms with Crippen molar-refractivity contribution in [3.05, 3.63) is 0 Å². The number of carbonyl (C=O) groups is 1. The van der Waals surface area contributed by atoms with E-state index in [4.69, 9.17) is 16.2 Å². The molecule has 108 valence electrons. The lowest BCUT2D eigenvalue weighted by atomic mass is 10.1. The van der Waals surface area contributed by atoms with Crippen LogP contribution in [-0.4, -0.2) is 25.2 Å². The fraction of sp³-hybridized carbons (Fsp3) is 0.929. The van der Waals surface area contributed by atoms with Crippen LogP contribution in [0.2, 0.25) is 0 Å². The molecule has 1 unspecified atom stereocenters. The van der Waals surface area contributed by atoms with Gasteiger partial charge in [0.05, 0.1) is 6.61 Å². The molecular weight excluding hydrogens is 228 g/mol. The van der Waals surface area contributed by atoms with Crippen LogP contribution in [0.4, 0.5) is 0 Å². The molecule has 4 nitrogen and oxygen atoms in total. The predicted molar refractivity (Wildman–Crippen MR) is 75.2 cm³/mol. The molecule has 4 heteroatoms. The molecule has 0 aliphatic carbocycles. The van der Waals surface area contributed by atoms with Gasteiger partial charge in [-0.05, 0) is 25.8 Å². The summed E-state index contributed by atoms with van der Waals surface area (Å²) in [5.74, 6) is -0.243. The quantitative estimate of drug-likeness (QED) is 0.416. The van der Waals surface area contributed by atoms with Gasteiger partial charge in [0.15, 0.2) is 0 Å². The lowest BCUT2D eigenvalue weighted by Crippen LogP contribution is -2.32. The van der Waals surface area contributed by atoms with E-state index in [9.17, 15) is 4.79 Å². The zero-order chi connectivity index (χ0) is 13.6. The number of hydrogen-bond acceptors (Lipinski definition) is 4. The number of esters is 1. The normalized spacial score (nSPS) is 12.4. The zero-order valence-electron chi connectivity index (χ0n) is 11.8. The van der Waals surface area contributed by atoms with Crippen molar-refractivity contribution in [2.45, 2.75) is 70.8 Å². The maximum Gasteiger partial charge on any atom is 0.322 e. The van der Waals surface area contributed by atoms with E-state index < -0.39 is 6.04 Å². The smallest absolute Gasteiger partial charge is 0.322 e. The molecule has 0 amide bonds. The molecule has 0 bridgehead atoms. The highest BCUT2D eigenvalue weighted by Gasteiger charge is 2.13. The van der Waals surface area contributed by atoms with Gasteiger partial charge < -0.3 is 16.2 Å². The summed E-state index contributed by atoms with van der Waals surface area (Å²) in [6.07, 6.45) is 9.46. The van der Waals surface area contributed by atoms with Crippen LogP contribution in [-0.2, 0) is 9.53 Å². The molecule has 4 N–H and O–H groups in total. The summed E-state index contributed by atoms with van der Waals surface area (Å²) >= 11 is 0. The molecule has 0 aliphatic heterocycles. The third kappa shape index (κ3) is 10.5. The molecule has 0 spiro atoms. The Hall–Kier alpha value is -0.610. The number of carbonyl (C=O) groups excluding carboxylic acids is 1. The van der Waals surface area contributed by atoms with Gasteiger partial charge in [-0.3, -0.25) is 4.79 Å². The van der Waals surface area contributed by atoms with Crippen molar-refractivity contribution in [2.75, 3.05) is 13.2 Å². The lowest BCUT2D eigenvalue weighted by Gasteiger charge is -2.11. The van der Waals surface area contributed by atoms with Gasteiger partial charge in [0, 0.05) is 0 Å². The first-order valence-electron chi connectivity index (χ1n) is 7.34. The summed E-state index contributed by atoms with van der Waals surface area (Å²) in [6, 6.07) is -0.443. The Morgan fingerprint density at radius 2 is 1.72 bits per heavy atom. The number of ether oxygens (including phenoxy) is 1. The first-order valence-corrected chi connectivity index (χ1v) is 7.34. The molecule has 0 heterocycles. The predicted octanol–water partition coefficient (Wildman–Crippen LogP) is 2.35. The molecule has 0 fully saturated rings. The van der Waals surface area contributed by atoms with Crippen molar-refractivity contribution >= 4 is 5.97 Å². The summed E-state index contributed by atoms with van der Waals surface area (Å²) in [5, 5.41) is 0. The Labute approximate surface area is 111 Å². The molecule has 0 aromatic carbocycles. The van der Waals surface area contributed by atoms with Crippen LogP contribution >= 0.6 is 0 Å². The summed E-state index contributed by atoms with van der Waals surface area (Å²) < 4.78 is 5.12. The van der Waals surface area contributed by atoms with Crippen molar-refractivity contribution in [1.29, 1.82) is 0 Å². The SMILES string of the molecule is CCCCCOC(=O)C(N)CCCCCCCN. The van der Waals surface area contributed by atoms with E-state index in [0.717, 1.165) is 51.5 Å². The Bertz CT molecular complexity index is 198. The zero-order valence-corrected chi connectivity index (χ0v) is 11.8. The first-order chi connectivity index (χ1) is 8.72. The highest BCUT2D eigenvalue weighted by Crippen LogP contribution is 2.07. The fourth-order valence-corrected chi connectivity index (χ4v) is 1.79. The van der Waals surface area contributed by atoms with Crippen LogP contribution in [0.5, 0.6) is 0 Å². The maximum absolute atomic E-state index is 11.5. The second kappa shape index (κ2) is 12.8. The van der Waals surface area contributed by atoms with Crippen LogP contribution in [0.15, 0.2) is 0 Å². The number of rotatable bonds is 12. The van der Waals surface area contributed by atoms with Crippen LogP contribution in [0, 0.1) is 0 Å². The highest BCUT2D eigenvalue weighted by molar-refractivity contribution is 5.75. The minimum atomic E-state index is -0.443. The lowest BCUT2D eigenvalue weighted by molar-refractivity contribution is -0.145. The van der Waals surface area contributed by atoms with Crippen LogP contribution < -0.4 is 11.5 Å². The van der Waals surface area contributed by atoms with Gasteiger partial charge in [0.25, 0.3) is 0 Å². The van der Waals surface area contributed by atoms with Gasteiger partial charge in [-0.15, -0.1) is 0 Å². The summed E-state index contributed by atoms with van der Waals surface area (Å²) in [5.41, 5.74) is 11.2. The van der Waals surface area contributed by atoms with E-state index in [2.05, 4.69) is 6.92 Å². The first kappa shape index (κ1) is 17.4. The molecule has 0 aromatic heterocycles. The summed E-state index contributed by atoms with van der Waals surface area (Å²) in [7, 11) is 0. The minimum Gasteiger partial charge on any atom is -0.465 e. The average molecular weight is 258 g/mol. The van der Waals surface area contributed by atoms with Gasteiger partial charge in [-0.25, -0.2) is 0 Å². The Morgan fingerprint density at radius 1 is 1.06 bits per heavy atom. The van der Waals surface area contributed by atoms with E-state index in [1.54, 1.807) is 0 Å². The van der Waals surface area contributed by atoms with Gasteiger partial charge >= 0.3 is 5.97 Å². The average Bonchev–Trinajstić information content (AvgIpc) is 2.38. The molecule has 0 saturated heterocycles. The maximum atomic E-state index is 11.5. The van der Waals surface area contributed by atoms with Crippen molar-refractivity contribution in [2.24, 2.45) is 11.5 Å². The third-order valence-electron chi connectivity index (χ3n) is 3.01. The van der Waals surface area contributed by atoms with Gasteiger partial charge in [0.1, 0.15) is 6.04 Å². The molecule has 0 rings (SSSR count). The van der Waals surface area contributed by atoms with Crippen molar-refractivity contribution < 1.29 is 9.53 Å². The van der Waals surface area contributed by atoms with E-state index in [1.807, 2.05) is 0 Å². The monoisotopic (exact) mass is 258 g/mol. The van der Waals surface area contributed by atoms with E-state index in [-0.39, 0.29) is 5.97 Å². The standard InChI is InChI=1S/C14H30N2O2/c1-2-3-9-12-18-14(17)13(16)10-7-5-4-6-8-11-15/h13H,2-12,15-16H2,1H3. The van der Waals surface area contributed by atoms with Gasteiger partial charge in [-0.1, -0.05) is 45.4 Å². The number of nitrogens with two attached hydrogens (primary N) is 2. The largest absolute Gasteiger partial charge is 0.465 e. The molecule has 0 saturated carbocycles. The number of hydrogen-bond donors (Lipinski definition) is 2. The van der Waals surface area contributed by atoms with E-state index in [1.165, 1.54) is 12.8 Å². The van der Waals surface area contributed by atoms with Crippen molar-refractivity contribution in [3.8, 4) is 0 Å². The van der Waals surface area contributed by atoms with Crippen molar-refractivity contribution in [3.63, 3.8) is 0 Å². The minimum absolute atomic E-state index is 0.243. The van der Waals surface area contributed by atoms with Crippen LogP contribution in [0.3, 0.4) is 0 Å². The number of unbranched alkanes of at least 4 members (excludes halogenated alkanes) is 6. The Morgan fingerprint density at radius 3 is 2.39 bits per heavy atom. The van der Waals surface area contributed by atoms with E-state index >= 15 is 0 Å². The fourth-order valence-electron chi connectivity index (χ4n) is 1.79. The van der Waals surface area contributed by atoms with Crippen LogP contribution in [0.25, 0.3) is 0 Å². The van der Waals surface area contributed by atoms with E-state index in [0.29, 0.717) is 6.61 Å².